The Morgan fingerprint density at radius 3 is 2.67 bits per heavy atom. The van der Waals surface area contributed by atoms with E-state index < -0.39 is 0 Å². The van der Waals surface area contributed by atoms with Crippen LogP contribution in [0.2, 0.25) is 0 Å². The molecule has 1 amide bonds. The molecule has 0 bridgehead atoms. The molecule has 1 aromatic carbocycles. The van der Waals surface area contributed by atoms with Gasteiger partial charge in [-0.25, -0.2) is 0 Å². The number of carbonyl (C=O) groups excluding carboxylic acids is 1. The van der Waals surface area contributed by atoms with Gasteiger partial charge in [-0.1, -0.05) is 43.2 Å². The van der Waals surface area contributed by atoms with Crippen LogP contribution in [0.5, 0.6) is 0 Å². The SMILES string of the molecule is CCOCCN1C(=O)C2(CCCC2)NC1c1ccccc1. The topological polar surface area (TPSA) is 41.6 Å². The molecule has 1 heterocycles. The maximum Gasteiger partial charge on any atom is 0.244 e. The van der Waals surface area contributed by atoms with Gasteiger partial charge in [0.1, 0.15) is 6.17 Å². The molecule has 4 heteroatoms. The van der Waals surface area contributed by atoms with Crippen molar-refractivity contribution >= 4 is 5.91 Å². The summed E-state index contributed by atoms with van der Waals surface area (Å²) in [4.78, 5) is 14.9. The predicted molar refractivity (Wildman–Crippen MR) is 81.7 cm³/mol. The summed E-state index contributed by atoms with van der Waals surface area (Å²) in [6.45, 7) is 3.93. The van der Waals surface area contributed by atoms with Gasteiger partial charge in [0.25, 0.3) is 0 Å². The number of hydrogen-bond acceptors (Lipinski definition) is 3. The summed E-state index contributed by atoms with van der Waals surface area (Å²) in [5, 5.41) is 3.63. The van der Waals surface area contributed by atoms with Crippen LogP contribution in [-0.4, -0.2) is 36.1 Å². The zero-order valence-corrected chi connectivity index (χ0v) is 12.7. The van der Waals surface area contributed by atoms with Gasteiger partial charge in [-0.15, -0.1) is 0 Å². The average molecular weight is 288 g/mol. The molecule has 1 N–H and O–H groups in total. The van der Waals surface area contributed by atoms with Crippen LogP contribution in [0.15, 0.2) is 30.3 Å². The minimum Gasteiger partial charge on any atom is -0.380 e. The lowest BCUT2D eigenvalue weighted by Gasteiger charge is -2.24. The van der Waals surface area contributed by atoms with Crippen molar-refractivity contribution in [1.82, 2.24) is 10.2 Å². The molecule has 1 aromatic rings. The highest BCUT2D eigenvalue weighted by Gasteiger charge is 2.52. The molecule has 1 saturated heterocycles. The van der Waals surface area contributed by atoms with Crippen LogP contribution in [0.25, 0.3) is 0 Å². The lowest BCUT2D eigenvalue weighted by molar-refractivity contribution is -0.133. The molecule has 1 saturated carbocycles. The number of nitrogens with one attached hydrogen (secondary N) is 1. The van der Waals surface area contributed by atoms with E-state index in [1.807, 2.05) is 30.0 Å². The van der Waals surface area contributed by atoms with E-state index >= 15 is 0 Å². The van der Waals surface area contributed by atoms with Crippen molar-refractivity contribution in [3.63, 3.8) is 0 Å². The summed E-state index contributed by atoms with van der Waals surface area (Å²) in [5.74, 6) is 0.258. The van der Waals surface area contributed by atoms with Gasteiger partial charge < -0.3 is 9.64 Å². The zero-order chi connectivity index (χ0) is 14.7. The van der Waals surface area contributed by atoms with Crippen LogP contribution >= 0.6 is 0 Å². The molecule has 2 aliphatic rings. The standard InChI is InChI=1S/C17H24N2O2/c1-2-21-13-12-19-15(14-8-4-3-5-9-14)18-17(16(19)20)10-6-7-11-17/h3-5,8-9,15,18H,2,6-7,10-13H2,1H3. The van der Waals surface area contributed by atoms with Gasteiger partial charge in [0.05, 0.1) is 12.1 Å². The summed E-state index contributed by atoms with van der Waals surface area (Å²) in [7, 11) is 0. The third-order valence-corrected chi connectivity index (χ3v) is 4.65. The number of benzene rings is 1. The molecule has 1 unspecified atom stereocenters. The van der Waals surface area contributed by atoms with Crippen molar-refractivity contribution < 1.29 is 9.53 Å². The lowest BCUT2D eigenvalue weighted by Crippen LogP contribution is -2.44. The molecule has 0 aromatic heterocycles. The minimum atomic E-state index is -0.327. The quantitative estimate of drug-likeness (QED) is 0.846. The molecule has 4 nitrogen and oxygen atoms in total. The van der Waals surface area contributed by atoms with Crippen molar-refractivity contribution in [3.05, 3.63) is 35.9 Å². The van der Waals surface area contributed by atoms with Crippen molar-refractivity contribution in [2.24, 2.45) is 0 Å². The van der Waals surface area contributed by atoms with Crippen LogP contribution in [0.4, 0.5) is 0 Å². The molecule has 21 heavy (non-hydrogen) atoms. The van der Waals surface area contributed by atoms with Crippen LogP contribution in [0.1, 0.15) is 44.3 Å². The number of ether oxygens (including phenoxy) is 1. The highest BCUT2D eigenvalue weighted by atomic mass is 16.5. The minimum absolute atomic E-state index is 0.0164. The first-order chi connectivity index (χ1) is 10.3. The maximum atomic E-state index is 12.9. The van der Waals surface area contributed by atoms with Crippen molar-refractivity contribution in [2.45, 2.75) is 44.3 Å². The van der Waals surface area contributed by atoms with Gasteiger partial charge in [0, 0.05) is 13.2 Å². The van der Waals surface area contributed by atoms with Crippen molar-refractivity contribution in [1.29, 1.82) is 0 Å². The van der Waals surface area contributed by atoms with E-state index in [2.05, 4.69) is 17.4 Å². The Hall–Kier alpha value is -1.39. The zero-order valence-electron chi connectivity index (χ0n) is 12.7. The fraction of sp³-hybridized carbons (Fsp3) is 0.588. The Morgan fingerprint density at radius 1 is 1.29 bits per heavy atom. The number of carbonyl (C=O) groups is 1. The van der Waals surface area contributed by atoms with Crippen LogP contribution < -0.4 is 5.32 Å². The first kappa shape index (κ1) is 14.5. The van der Waals surface area contributed by atoms with Gasteiger partial charge in [0.2, 0.25) is 5.91 Å². The van der Waals surface area contributed by atoms with E-state index in [1.54, 1.807) is 0 Å². The summed E-state index contributed by atoms with van der Waals surface area (Å²) in [6.07, 6.45) is 4.18. The largest absolute Gasteiger partial charge is 0.380 e. The normalized spacial score (nSPS) is 24.1. The fourth-order valence-electron chi connectivity index (χ4n) is 3.57. The Bertz CT molecular complexity index is 483. The molecule has 2 fully saturated rings. The lowest BCUT2D eigenvalue weighted by atomic mass is 9.98. The van der Waals surface area contributed by atoms with Gasteiger partial charge in [-0.05, 0) is 25.3 Å². The Morgan fingerprint density at radius 2 is 2.00 bits per heavy atom. The monoisotopic (exact) mass is 288 g/mol. The Kier molecular flexibility index (Phi) is 4.27. The number of nitrogens with zero attached hydrogens (tertiary/aromatic N) is 1. The third kappa shape index (κ3) is 2.70. The summed E-state index contributed by atoms with van der Waals surface area (Å²) < 4.78 is 5.46. The second kappa shape index (κ2) is 6.16. The number of hydrogen-bond donors (Lipinski definition) is 1. The molecule has 1 aliphatic carbocycles. The van der Waals surface area contributed by atoms with Crippen LogP contribution in [-0.2, 0) is 9.53 Å². The van der Waals surface area contributed by atoms with E-state index in [0.29, 0.717) is 19.8 Å². The van der Waals surface area contributed by atoms with Crippen molar-refractivity contribution in [2.75, 3.05) is 19.8 Å². The second-order valence-corrected chi connectivity index (χ2v) is 5.94. The smallest absolute Gasteiger partial charge is 0.244 e. The summed E-state index contributed by atoms with van der Waals surface area (Å²) >= 11 is 0. The van der Waals surface area contributed by atoms with Crippen LogP contribution in [0, 0.1) is 0 Å². The molecular weight excluding hydrogens is 264 g/mol. The Labute approximate surface area is 126 Å². The molecule has 1 aliphatic heterocycles. The van der Waals surface area contributed by atoms with E-state index in [-0.39, 0.29) is 17.6 Å². The second-order valence-electron chi connectivity index (χ2n) is 5.94. The predicted octanol–water partition coefficient (Wildman–Crippen LogP) is 2.47. The summed E-state index contributed by atoms with van der Waals surface area (Å²) in [5.41, 5.74) is 0.832. The van der Waals surface area contributed by atoms with Gasteiger partial charge in [-0.2, -0.15) is 0 Å². The molecule has 1 spiro atoms. The first-order valence-electron chi connectivity index (χ1n) is 7.98. The summed E-state index contributed by atoms with van der Waals surface area (Å²) in [6, 6.07) is 10.2. The molecule has 1 atom stereocenters. The van der Waals surface area contributed by atoms with Gasteiger partial charge in [0.15, 0.2) is 0 Å². The molecular formula is C17H24N2O2. The van der Waals surface area contributed by atoms with Gasteiger partial charge in [-0.3, -0.25) is 10.1 Å². The van der Waals surface area contributed by atoms with Crippen molar-refractivity contribution in [3.8, 4) is 0 Å². The average Bonchev–Trinajstić information content (AvgIpc) is 3.09. The van der Waals surface area contributed by atoms with E-state index in [4.69, 9.17) is 4.74 Å². The Balaban J connectivity index is 1.83. The molecule has 0 radical (unpaired) electrons. The number of amides is 1. The van der Waals surface area contributed by atoms with Crippen LogP contribution in [0.3, 0.4) is 0 Å². The number of rotatable bonds is 5. The van der Waals surface area contributed by atoms with E-state index in [1.165, 1.54) is 0 Å². The fourth-order valence-corrected chi connectivity index (χ4v) is 3.57. The third-order valence-electron chi connectivity index (χ3n) is 4.65. The molecule has 3 rings (SSSR count). The van der Waals surface area contributed by atoms with E-state index in [9.17, 15) is 4.79 Å². The molecule has 114 valence electrons. The first-order valence-corrected chi connectivity index (χ1v) is 7.98. The van der Waals surface area contributed by atoms with Gasteiger partial charge >= 0.3 is 0 Å². The highest BCUT2D eigenvalue weighted by molar-refractivity contribution is 5.89. The maximum absolute atomic E-state index is 12.9. The highest BCUT2D eigenvalue weighted by Crippen LogP contribution is 2.40. The van der Waals surface area contributed by atoms with E-state index in [0.717, 1.165) is 31.2 Å².